The number of carbonyl (C=O) groups is 1. The molecule has 0 fully saturated rings. The highest BCUT2D eigenvalue weighted by atomic mass is 16.6. The number of nitrogens with one attached hydrogen (secondary N) is 2. The Labute approximate surface area is 182 Å². The van der Waals surface area contributed by atoms with Crippen molar-refractivity contribution in [3.05, 3.63) is 65.4 Å². The molecule has 162 valence electrons. The Morgan fingerprint density at radius 2 is 1.84 bits per heavy atom. The summed E-state index contributed by atoms with van der Waals surface area (Å²) in [6, 6.07) is 13.8. The van der Waals surface area contributed by atoms with Crippen LogP contribution in [0.4, 0.5) is 0 Å². The van der Waals surface area contributed by atoms with Gasteiger partial charge in [-0.2, -0.15) is 5.10 Å². The van der Waals surface area contributed by atoms with E-state index in [1.165, 1.54) is 0 Å². The molecule has 0 radical (unpaired) electrons. The number of nitrogens with zero attached hydrogens (tertiary/aromatic N) is 2. The van der Waals surface area contributed by atoms with E-state index in [0.717, 1.165) is 33.9 Å². The van der Waals surface area contributed by atoms with Gasteiger partial charge in [-0.15, -0.1) is 0 Å². The number of benzene rings is 2. The van der Waals surface area contributed by atoms with E-state index in [0.29, 0.717) is 31.9 Å². The third-order valence-electron chi connectivity index (χ3n) is 5.49. The molecule has 2 aromatic carbocycles. The fourth-order valence-electron chi connectivity index (χ4n) is 3.44. The Bertz CT molecular complexity index is 1040. The fourth-order valence-corrected chi connectivity index (χ4v) is 3.44. The zero-order valence-corrected chi connectivity index (χ0v) is 18.1. The van der Waals surface area contributed by atoms with Gasteiger partial charge in [-0.25, -0.2) is 0 Å². The van der Waals surface area contributed by atoms with Crippen molar-refractivity contribution >= 4 is 5.91 Å². The summed E-state index contributed by atoms with van der Waals surface area (Å²) in [4.78, 5) is 14.2. The molecular weight excluding hydrogens is 392 g/mol. The summed E-state index contributed by atoms with van der Waals surface area (Å²) in [5.41, 5.74) is 4.86. The first-order valence-electron chi connectivity index (χ1n) is 10.5. The molecule has 4 rings (SSSR count). The minimum atomic E-state index is 0.0389. The van der Waals surface area contributed by atoms with Gasteiger partial charge in [0.1, 0.15) is 13.2 Å². The number of H-pyrrole nitrogens is 1. The smallest absolute Gasteiger partial charge is 0.253 e. The Morgan fingerprint density at radius 1 is 1.10 bits per heavy atom. The van der Waals surface area contributed by atoms with Gasteiger partial charge in [0.05, 0.1) is 11.9 Å². The summed E-state index contributed by atoms with van der Waals surface area (Å²) < 4.78 is 11.3. The Hall–Kier alpha value is -3.32. The van der Waals surface area contributed by atoms with Crippen molar-refractivity contribution in [2.75, 3.05) is 20.3 Å². The highest BCUT2D eigenvalue weighted by Crippen LogP contribution is 2.34. The maximum atomic E-state index is 12.4. The minimum absolute atomic E-state index is 0.0389. The Balaban J connectivity index is 1.37. The number of aromatic nitrogens is 2. The highest BCUT2D eigenvalue weighted by Gasteiger charge is 2.16. The fraction of sp³-hybridized carbons (Fsp3) is 0.333. The van der Waals surface area contributed by atoms with E-state index in [1.807, 2.05) is 69.6 Å². The van der Waals surface area contributed by atoms with Gasteiger partial charge in [0.25, 0.3) is 5.91 Å². The predicted octanol–water partition coefficient (Wildman–Crippen LogP) is 3.62. The van der Waals surface area contributed by atoms with Gasteiger partial charge in [0.2, 0.25) is 0 Å². The molecule has 0 saturated carbocycles. The molecule has 7 heteroatoms. The zero-order valence-electron chi connectivity index (χ0n) is 18.1. The number of ether oxygens (including phenoxy) is 2. The molecule has 1 amide bonds. The summed E-state index contributed by atoms with van der Waals surface area (Å²) in [7, 11) is 1.83. The number of amides is 1. The van der Waals surface area contributed by atoms with Crippen LogP contribution >= 0.6 is 0 Å². The topological polar surface area (TPSA) is 79.5 Å². The number of fused-ring (bicyclic) bond motifs is 1. The van der Waals surface area contributed by atoms with Gasteiger partial charge in [0, 0.05) is 42.9 Å². The van der Waals surface area contributed by atoms with Crippen LogP contribution in [0.5, 0.6) is 11.5 Å². The van der Waals surface area contributed by atoms with Crippen LogP contribution in [0.15, 0.2) is 48.7 Å². The molecule has 0 spiro atoms. The van der Waals surface area contributed by atoms with Crippen molar-refractivity contribution < 1.29 is 14.3 Å². The zero-order chi connectivity index (χ0) is 21.8. The quantitative estimate of drug-likeness (QED) is 0.610. The summed E-state index contributed by atoms with van der Waals surface area (Å²) in [5, 5.41) is 10.8. The summed E-state index contributed by atoms with van der Waals surface area (Å²) >= 11 is 0. The first kappa shape index (κ1) is 20.9. The second-order valence-electron chi connectivity index (χ2n) is 7.94. The second kappa shape index (κ2) is 9.22. The van der Waals surface area contributed by atoms with Gasteiger partial charge < -0.3 is 19.7 Å². The van der Waals surface area contributed by atoms with E-state index in [9.17, 15) is 4.79 Å². The molecule has 2 heterocycles. The molecule has 1 aliphatic rings. The van der Waals surface area contributed by atoms with Crippen LogP contribution in [0.2, 0.25) is 0 Å². The van der Waals surface area contributed by atoms with E-state index in [-0.39, 0.29) is 11.9 Å². The van der Waals surface area contributed by atoms with Crippen molar-refractivity contribution in [1.29, 1.82) is 0 Å². The van der Waals surface area contributed by atoms with Crippen LogP contribution < -0.4 is 14.8 Å². The van der Waals surface area contributed by atoms with Crippen molar-refractivity contribution in [2.45, 2.75) is 33.0 Å². The summed E-state index contributed by atoms with van der Waals surface area (Å²) in [6.07, 6.45) is 1.84. The maximum absolute atomic E-state index is 12.4. The van der Waals surface area contributed by atoms with E-state index >= 15 is 0 Å². The number of hydrogen-bond acceptors (Lipinski definition) is 5. The van der Waals surface area contributed by atoms with Crippen molar-refractivity contribution in [1.82, 2.24) is 20.4 Å². The van der Waals surface area contributed by atoms with Gasteiger partial charge in [-0.3, -0.25) is 9.89 Å². The third kappa shape index (κ3) is 4.72. The number of carbonyl (C=O) groups excluding carboxylic acids is 1. The SMILES string of the molecule is CC(C)N(C)C(=O)c1ccc(CNCc2cn[nH]c2-c2ccc3c(c2)OCCO3)cc1. The largest absolute Gasteiger partial charge is 0.486 e. The lowest BCUT2D eigenvalue weighted by Gasteiger charge is -2.21. The van der Waals surface area contributed by atoms with Crippen molar-refractivity contribution in [2.24, 2.45) is 0 Å². The number of rotatable bonds is 7. The predicted molar refractivity (Wildman–Crippen MR) is 119 cm³/mol. The average molecular weight is 421 g/mol. The monoisotopic (exact) mass is 420 g/mol. The molecule has 31 heavy (non-hydrogen) atoms. The molecule has 0 saturated heterocycles. The van der Waals surface area contributed by atoms with Crippen LogP contribution in [-0.4, -0.2) is 47.3 Å². The minimum Gasteiger partial charge on any atom is -0.486 e. The van der Waals surface area contributed by atoms with Crippen LogP contribution in [0, 0.1) is 0 Å². The second-order valence-corrected chi connectivity index (χ2v) is 7.94. The Morgan fingerprint density at radius 3 is 2.58 bits per heavy atom. The molecule has 1 aliphatic heterocycles. The van der Waals surface area contributed by atoms with E-state index in [4.69, 9.17) is 9.47 Å². The van der Waals surface area contributed by atoms with Crippen LogP contribution in [0.1, 0.15) is 35.3 Å². The lowest BCUT2D eigenvalue weighted by molar-refractivity contribution is 0.0755. The first-order chi connectivity index (χ1) is 15.0. The molecule has 1 aromatic heterocycles. The van der Waals surface area contributed by atoms with Crippen LogP contribution in [0.25, 0.3) is 11.3 Å². The van der Waals surface area contributed by atoms with E-state index in [1.54, 1.807) is 4.90 Å². The van der Waals surface area contributed by atoms with Gasteiger partial charge in [-0.1, -0.05) is 12.1 Å². The Kier molecular flexibility index (Phi) is 6.23. The molecule has 0 bridgehead atoms. The van der Waals surface area contributed by atoms with Crippen LogP contribution in [0.3, 0.4) is 0 Å². The molecule has 0 unspecified atom stereocenters. The van der Waals surface area contributed by atoms with Gasteiger partial charge in [0.15, 0.2) is 11.5 Å². The van der Waals surface area contributed by atoms with Crippen LogP contribution in [-0.2, 0) is 13.1 Å². The van der Waals surface area contributed by atoms with Crippen molar-refractivity contribution in [3.63, 3.8) is 0 Å². The average Bonchev–Trinajstić information content (AvgIpc) is 3.26. The standard InChI is InChI=1S/C24H28N4O3/c1-16(2)28(3)24(29)18-6-4-17(5-7-18)13-25-14-20-15-26-27-23(20)19-8-9-21-22(12-19)31-11-10-30-21/h4-9,12,15-16,25H,10-11,13-14H2,1-3H3,(H,26,27). The van der Waals surface area contributed by atoms with E-state index < -0.39 is 0 Å². The molecular formula is C24H28N4O3. The van der Waals surface area contributed by atoms with Gasteiger partial charge in [-0.05, 0) is 49.7 Å². The number of aromatic amines is 1. The van der Waals surface area contributed by atoms with Crippen molar-refractivity contribution in [3.8, 4) is 22.8 Å². The summed E-state index contributed by atoms with van der Waals surface area (Å²) in [6.45, 7) is 6.51. The lowest BCUT2D eigenvalue weighted by atomic mass is 10.1. The van der Waals surface area contributed by atoms with Gasteiger partial charge >= 0.3 is 0 Å². The number of hydrogen-bond donors (Lipinski definition) is 2. The highest BCUT2D eigenvalue weighted by molar-refractivity contribution is 5.94. The molecule has 2 N–H and O–H groups in total. The summed E-state index contributed by atoms with van der Waals surface area (Å²) in [5.74, 6) is 1.57. The molecule has 0 atom stereocenters. The molecule has 0 aliphatic carbocycles. The normalized spacial score (nSPS) is 12.8. The molecule has 3 aromatic rings. The van der Waals surface area contributed by atoms with E-state index in [2.05, 4.69) is 15.5 Å². The molecule has 7 nitrogen and oxygen atoms in total. The lowest BCUT2D eigenvalue weighted by Crippen LogP contribution is -2.32. The third-order valence-corrected chi connectivity index (χ3v) is 5.49. The first-order valence-corrected chi connectivity index (χ1v) is 10.5. The maximum Gasteiger partial charge on any atom is 0.253 e.